The first-order chi connectivity index (χ1) is 8.99. The Labute approximate surface area is 109 Å². The topological polar surface area (TPSA) is 58.4 Å². The minimum Gasteiger partial charge on any atom is -0.379 e. The van der Waals surface area contributed by atoms with Gasteiger partial charge in [-0.1, -0.05) is 0 Å². The summed E-state index contributed by atoms with van der Waals surface area (Å²) in [5.41, 5.74) is -0.885. The van der Waals surface area contributed by atoms with Gasteiger partial charge in [0.05, 0.1) is 17.1 Å². The van der Waals surface area contributed by atoms with E-state index in [0.717, 1.165) is 31.5 Å². The summed E-state index contributed by atoms with van der Waals surface area (Å²) in [5.74, 6) is -1.88. The number of halogens is 2. The van der Waals surface area contributed by atoms with Gasteiger partial charge in [0.25, 0.3) is 5.69 Å². The van der Waals surface area contributed by atoms with Crippen LogP contribution in [0, 0.1) is 21.7 Å². The largest absolute Gasteiger partial charge is 0.379 e. The van der Waals surface area contributed by atoms with Gasteiger partial charge in [0.15, 0.2) is 11.6 Å². The van der Waals surface area contributed by atoms with E-state index < -0.39 is 22.2 Å². The van der Waals surface area contributed by atoms with Crippen LogP contribution in [0.5, 0.6) is 0 Å². The van der Waals surface area contributed by atoms with Crippen LogP contribution in [-0.2, 0) is 0 Å². The highest BCUT2D eigenvalue weighted by Crippen LogP contribution is 2.25. The van der Waals surface area contributed by atoms with Crippen LogP contribution in [0.25, 0.3) is 0 Å². The first-order valence-corrected chi connectivity index (χ1v) is 6.06. The van der Waals surface area contributed by atoms with Crippen molar-refractivity contribution in [1.82, 2.24) is 4.90 Å². The molecule has 0 aromatic heterocycles. The Kier molecular flexibility index (Phi) is 3.94. The van der Waals surface area contributed by atoms with Crippen LogP contribution in [0.4, 0.5) is 20.2 Å². The molecular weight excluding hydrogens is 256 g/mol. The fraction of sp³-hybridized carbons (Fsp3) is 0.500. The summed E-state index contributed by atoms with van der Waals surface area (Å²) in [5, 5.41) is 13.2. The second-order valence-corrected chi connectivity index (χ2v) is 4.70. The third-order valence-corrected chi connectivity index (χ3v) is 3.42. The summed E-state index contributed by atoms with van der Waals surface area (Å²) in [4.78, 5) is 11.8. The maximum Gasteiger partial charge on any atom is 0.275 e. The summed E-state index contributed by atoms with van der Waals surface area (Å²) in [6.45, 7) is 1.39. The molecule has 104 valence electrons. The predicted molar refractivity (Wildman–Crippen MR) is 67.2 cm³/mol. The van der Waals surface area contributed by atoms with Crippen LogP contribution in [0.1, 0.15) is 12.8 Å². The first kappa shape index (κ1) is 13.7. The van der Waals surface area contributed by atoms with Crippen molar-refractivity contribution < 1.29 is 13.7 Å². The Hall–Kier alpha value is -1.76. The molecule has 19 heavy (non-hydrogen) atoms. The van der Waals surface area contributed by atoms with E-state index in [1.54, 1.807) is 0 Å². The average Bonchev–Trinajstić information content (AvgIpc) is 2.73. The Morgan fingerprint density at radius 1 is 1.47 bits per heavy atom. The molecule has 1 aromatic carbocycles. The molecule has 1 saturated heterocycles. The van der Waals surface area contributed by atoms with Gasteiger partial charge in [-0.25, -0.2) is 8.78 Å². The number of likely N-dealkylation sites (tertiary alicyclic amines) is 1. The van der Waals surface area contributed by atoms with Crippen LogP contribution < -0.4 is 5.32 Å². The van der Waals surface area contributed by atoms with Crippen molar-refractivity contribution in [3.05, 3.63) is 33.9 Å². The number of non-ortho nitro benzene ring substituents is 1. The van der Waals surface area contributed by atoms with Gasteiger partial charge in [-0.3, -0.25) is 10.1 Å². The highest BCUT2D eigenvalue weighted by Gasteiger charge is 2.22. The smallest absolute Gasteiger partial charge is 0.275 e. The highest BCUT2D eigenvalue weighted by atomic mass is 19.1. The zero-order valence-corrected chi connectivity index (χ0v) is 10.5. The Morgan fingerprint density at radius 2 is 2.11 bits per heavy atom. The van der Waals surface area contributed by atoms with Crippen LogP contribution in [-0.4, -0.2) is 36.0 Å². The van der Waals surface area contributed by atoms with Gasteiger partial charge in [-0.15, -0.1) is 0 Å². The van der Waals surface area contributed by atoms with E-state index in [2.05, 4.69) is 10.2 Å². The second-order valence-electron chi connectivity index (χ2n) is 4.70. The number of anilines is 1. The minimum absolute atomic E-state index is 0.231. The van der Waals surface area contributed by atoms with E-state index in [0.29, 0.717) is 6.54 Å². The molecule has 1 aliphatic heterocycles. The lowest BCUT2D eigenvalue weighted by molar-refractivity contribution is -0.385. The zero-order valence-electron chi connectivity index (χ0n) is 10.5. The van der Waals surface area contributed by atoms with Gasteiger partial charge in [0.1, 0.15) is 5.69 Å². The number of hydrogen-bond donors (Lipinski definition) is 1. The monoisotopic (exact) mass is 271 g/mol. The van der Waals surface area contributed by atoms with Crippen molar-refractivity contribution in [2.75, 3.05) is 25.5 Å². The minimum atomic E-state index is -0.938. The number of nitro benzene ring substituents is 1. The number of benzene rings is 1. The van der Waals surface area contributed by atoms with E-state index in [1.807, 2.05) is 7.05 Å². The summed E-state index contributed by atoms with van der Waals surface area (Å²) >= 11 is 0. The van der Waals surface area contributed by atoms with Crippen molar-refractivity contribution in [2.45, 2.75) is 18.9 Å². The Balaban J connectivity index is 2.10. The molecule has 0 aliphatic carbocycles. The number of nitro groups is 1. The lowest BCUT2D eigenvalue weighted by Gasteiger charge is -2.20. The highest BCUT2D eigenvalue weighted by molar-refractivity contribution is 5.51. The van der Waals surface area contributed by atoms with Gasteiger partial charge >= 0.3 is 0 Å². The lowest BCUT2D eigenvalue weighted by Crippen LogP contribution is -2.31. The molecule has 1 unspecified atom stereocenters. The molecule has 1 fully saturated rings. The molecule has 1 atom stereocenters. The maximum absolute atomic E-state index is 13.6. The molecule has 0 saturated carbocycles. The van der Waals surface area contributed by atoms with Gasteiger partial charge in [0, 0.05) is 12.6 Å². The van der Waals surface area contributed by atoms with Crippen molar-refractivity contribution in [1.29, 1.82) is 0 Å². The molecule has 0 spiro atoms. The van der Waals surface area contributed by atoms with Crippen LogP contribution in [0.15, 0.2) is 12.1 Å². The second kappa shape index (κ2) is 5.48. The first-order valence-electron chi connectivity index (χ1n) is 6.06. The summed E-state index contributed by atoms with van der Waals surface area (Å²) < 4.78 is 27.2. The van der Waals surface area contributed by atoms with Crippen LogP contribution in [0.3, 0.4) is 0 Å². The van der Waals surface area contributed by atoms with Crippen molar-refractivity contribution >= 4 is 11.4 Å². The number of likely N-dealkylation sites (N-methyl/N-ethyl adjacent to an activating group) is 1. The predicted octanol–water partition coefficient (Wildman–Crippen LogP) is 2.38. The van der Waals surface area contributed by atoms with Crippen LogP contribution in [0.2, 0.25) is 0 Å². The van der Waals surface area contributed by atoms with E-state index in [1.165, 1.54) is 0 Å². The van der Waals surface area contributed by atoms with Crippen molar-refractivity contribution in [3.8, 4) is 0 Å². The lowest BCUT2D eigenvalue weighted by atomic mass is 10.2. The third-order valence-electron chi connectivity index (χ3n) is 3.42. The number of nitrogens with zero attached hydrogens (tertiary/aromatic N) is 2. The zero-order chi connectivity index (χ0) is 14.0. The average molecular weight is 271 g/mol. The summed E-state index contributed by atoms with van der Waals surface area (Å²) in [6.07, 6.45) is 2.04. The van der Waals surface area contributed by atoms with Crippen LogP contribution >= 0.6 is 0 Å². The van der Waals surface area contributed by atoms with Gasteiger partial charge in [-0.2, -0.15) is 0 Å². The van der Waals surface area contributed by atoms with Crippen molar-refractivity contribution in [3.63, 3.8) is 0 Å². The van der Waals surface area contributed by atoms with E-state index in [4.69, 9.17) is 0 Å². The molecule has 0 radical (unpaired) electrons. The molecule has 7 heteroatoms. The van der Waals surface area contributed by atoms with E-state index in [-0.39, 0.29) is 11.7 Å². The molecule has 1 heterocycles. The van der Waals surface area contributed by atoms with Gasteiger partial charge in [-0.05, 0) is 26.4 Å². The quantitative estimate of drug-likeness (QED) is 0.674. The molecule has 1 aliphatic rings. The molecule has 0 amide bonds. The standard InChI is InChI=1S/C12H15F2N3O2/c1-16-4-2-3-8(16)7-15-12-10(13)5-9(17(18)19)6-11(12)14/h5-6,8,15H,2-4,7H2,1H3. The molecular formula is C12H15F2N3O2. The van der Waals surface area contributed by atoms with E-state index >= 15 is 0 Å². The molecule has 2 rings (SSSR count). The Morgan fingerprint density at radius 3 is 2.58 bits per heavy atom. The van der Waals surface area contributed by atoms with E-state index in [9.17, 15) is 18.9 Å². The fourth-order valence-corrected chi connectivity index (χ4v) is 2.29. The number of nitrogens with one attached hydrogen (secondary N) is 1. The normalized spacial score (nSPS) is 19.6. The molecule has 1 aromatic rings. The van der Waals surface area contributed by atoms with Gasteiger partial charge in [0.2, 0.25) is 0 Å². The van der Waals surface area contributed by atoms with Gasteiger partial charge < -0.3 is 10.2 Å². The van der Waals surface area contributed by atoms with Crippen molar-refractivity contribution in [2.24, 2.45) is 0 Å². The summed E-state index contributed by atoms with van der Waals surface area (Å²) in [6, 6.07) is 1.68. The maximum atomic E-state index is 13.6. The molecule has 5 nitrogen and oxygen atoms in total. The SMILES string of the molecule is CN1CCCC1CNc1c(F)cc([N+](=O)[O-])cc1F. The summed E-state index contributed by atoms with van der Waals surface area (Å²) in [7, 11) is 1.96. The fourth-order valence-electron chi connectivity index (χ4n) is 2.29. The molecule has 0 bridgehead atoms. The molecule has 1 N–H and O–H groups in total. The Bertz CT molecular complexity index is 473. The number of rotatable bonds is 4. The number of hydrogen-bond acceptors (Lipinski definition) is 4. The third kappa shape index (κ3) is 2.98.